The van der Waals surface area contributed by atoms with E-state index in [9.17, 15) is 18.6 Å². The minimum atomic E-state index is -3.62. The van der Waals surface area contributed by atoms with Gasteiger partial charge < -0.3 is 5.11 Å². The molecule has 2 N–H and O–H groups in total. The number of benzene rings is 3. The molecule has 0 aromatic heterocycles. The Balaban J connectivity index is 1.61. The molecule has 3 aromatic carbocycles. The number of sulfone groups is 1. The summed E-state index contributed by atoms with van der Waals surface area (Å²) in [6.07, 6.45) is 5.59. The van der Waals surface area contributed by atoms with Crippen LogP contribution in [0, 0.1) is 5.41 Å². The van der Waals surface area contributed by atoms with Crippen molar-refractivity contribution in [2.75, 3.05) is 24.7 Å². The molecule has 8 heteroatoms. The molecule has 0 amide bonds. The van der Waals surface area contributed by atoms with Crippen LogP contribution in [0.15, 0.2) is 71.6 Å². The van der Waals surface area contributed by atoms with Crippen molar-refractivity contribution in [2.45, 2.75) is 90.4 Å². The first-order valence-electron chi connectivity index (χ1n) is 15.8. The van der Waals surface area contributed by atoms with Gasteiger partial charge in [0.2, 0.25) is 0 Å². The Kier molecular flexibility index (Phi) is 9.76. The zero-order valence-corrected chi connectivity index (χ0v) is 29.6. The van der Waals surface area contributed by atoms with Gasteiger partial charge in [0.25, 0.3) is 0 Å². The Morgan fingerprint density at radius 1 is 0.932 bits per heavy atom. The van der Waals surface area contributed by atoms with Gasteiger partial charge in [0.15, 0.2) is 0 Å². The first-order valence-corrected chi connectivity index (χ1v) is 19.8. The van der Waals surface area contributed by atoms with E-state index in [4.69, 9.17) is 4.74 Å². The molecule has 1 fully saturated rings. The molecule has 3 aromatic rings. The van der Waals surface area contributed by atoms with Gasteiger partial charge in [-0.2, -0.15) is 0 Å². The maximum atomic E-state index is 14.4. The van der Waals surface area contributed by atoms with Crippen LogP contribution in [0.5, 0.6) is 5.75 Å². The van der Waals surface area contributed by atoms with Crippen molar-refractivity contribution in [2.24, 2.45) is 5.41 Å². The molecule has 1 saturated heterocycles. The Bertz CT molecular complexity index is 1540. The fourth-order valence-electron chi connectivity index (χ4n) is 7.19. The average Bonchev–Trinajstić information content (AvgIpc) is 3.01. The quantitative estimate of drug-likeness (QED) is 0.220. The summed E-state index contributed by atoms with van der Waals surface area (Å²) < 4.78 is 34.1. The van der Waals surface area contributed by atoms with Gasteiger partial charge in [-0.25, -0.2) is 0 Å². The second-order valence-electron chi connectivity index (χ2n) is 13.0. The average molecular weight is 733 g/mol. The summed E-state index contributed by atoms with van der Waals surface area (Å²) in [6.45, 7) is 6.71. The Morgan fingerprint density at radius 3 is 2.09 bits per heavy atom. The van der Waals surface area contributed by atoms with E-state index < -0.39 is 45.5 Å². The number of ether oxygens (including phenoxy) is 1. The third-order valence-corrected chi connectivity index (χ3v) is 18.0. The zero-order valence-electron chi connectivity index (χ0n) is 26.6. The third-order valence-electron chi connectivity index (χ3n) is 9.58. The van der Waals surface area contributed by atoms with Crippen LogP contribution in [0.3, 0.4) is 0 Å². The number of anilines is 1. The van der Waals surface area contributed by atoms with Crippen molar-refractivity contribution < 1.29 is 44.6 Å². The molecule has 44 heavy (non-hydrogen) atoms. The van der Waals surface area contributed by atoms with E-state index in [2.05, 4.69) is 13.8 Å². The van der Waals surface area contributed by atoms with Crippen LogP contribution in [0.4, 0.5) is 5.69 Å². The molecule has 3 atom stereocenters. The van der Waals surface area contributed by atoms with Crippen LogP contribution >= 0.6 is 0 Å². The fourth-order valence-corrected chi connectivity index (χ4v) is 15.3. The predicted molar refractivity (Wildman–Crippen MR) is 173 cm³/mol. The van der Waals surface area contributed by atoms with Gasteiger partial charge >= 0.3 is 270 Å². The molecular weight excluding hydrogens is 685 g/mol. The number of rotatable bonds is 12. The SMILES string of the molecule is CCCCC1(CCCC)CS(=O)(=O)c2ccc(N(C)C)cc2[C@@]2(c3ccc(OCc4ccc(CO)cc4)cc3)[I-][C@H]1[C@@]2(C)O. The minimum absolute atomic E-state index is 0.0103. The number of hydrogen-bond donors (Lipinski definition) is 2. The molecule has 3 aliphatic rings. The van der Waals surface area contributed by atoms with Gasteiger partial charge in [0.1, 0.15) is 0 Å². The van der Waals surface area contributed by atoms with Crippen molar-refractivity contribution in [3.05, 3.63) is 89.0 Å². The first-order chi connectivity index (χ1) is 20.9. The van der Waals surface area contributed by atoms with Crippen LogP contribution in [0.1, 0.15) is 81.5 Å². The number of alkyl halides is 2. The summed E-state index contributed by atoms with van der Waals surface area (Å²) in [5.74, 6) is 0.822. The molecule has 3 aliphatic heterocycles. The van der Waals surface area contributed by atoms with Gasteiger partial charge in [0.05, 0.1) is 0 Å². The van der Waals surface area contributed by atoms with E-state index in [1.807, 2.05) is 86.6 Å². The van der Waals surface area contributed by atoms with Gasteiger partial charge in [-0.1, -0.05) is 0 Å². The molecule has 6 nitrogen and oxygen atoms in total. The van der Waals surface area contributed by atoms with Crippen LogP contribution in [0.25, 0.3) is 0 Å². The normalized spacial score (nSPS) is 25.0. The van der Waals surface area contributed by atoms with Crippen LogP contribution in [0.2, 0.25) is 0 Å². The number of nitrogens with zero attached hydrogens (tertiary/aromatic N) is 1. The summed E-state index contributed by atoms with van der Waals surface area (Å²) in [5.41, 5.74) is 2.96. The molecule has 0 radical (unpaired) electrons. The van der Waals surface area contributed by atoms with E-state index in [-0.39, 0.29) is 16.3 Å². The maximum absolute atomic E-state index is 14.4. The van der Waals surface area contributed by atoms with Crippen LogP contribution in [-0.2, 0) is 26.5 Å². The summed E-state index contributed by atoms with van der Waals surface area (Å²) in [5, 5.41) is 22.1. The van der Waals surface area contributed by atoms with Crippen LogP contribution in [-0.4, -0.2) is 48.0 Å². The summed E-state index contributed by atoms with van der Waals surface area (Å²) in [4.78, 5) is 2.38. The van der Waals surface area contributed by atoms with Crippen molar-refractivity contribution in [1.29, 1.82) is 0 Å². The topological polar surface area (TPSA) is 87.1 Å². The Morgan fingerprint density at radius 2 is 1.55 bits per heavy atom. The monoisotopic (exact) mass is 732 g/mol. The Labute approximate surface area is 274 Å². The van der Waals surface area contributed by atoms with E-state index in [1.165, 1.54) is 0 Å². The third kappa shape index (κ3) is 5.80. The number of aliphatic hydroxyl groups excluding tert-OH is 1. The molecule has 0 spiro atoms. The molecular formula is C36H47INO5S-. The van der Waals surface area contributed by atoms with Crippen molar-refractivity contribution in [1.82, 2.24) is 0 Å². The van der Waals surface area contributed by atoms with Crippen molar-refractivity contribution in [3.8, 4) is 5.75 Å². The molecule has 240 valence electrons. The number of fused-ring (bicyclic) bond motifs is 2. The summed E-state index contributed by atoms with van der Waals surface area (Å²) in [6, 6.07) is 21.4. The number of halogens is 1. The molecule has 6 rings (SSSR count). The standard InChI is InChI=1S/C36H47INO5S/c1-6-8-20-35(21-9-7-2)25-44(41,42)32-19-16-29(38(4)5)22-31(32)36(34(3,40)33(35)37-36)28-14-17-30(18-15-28)43-24-27-12-10-26(23-39)11-13-27/h10-19,22,33,39-40H,6-9,20-21,23-25H2,1-5H3/q-1/t33-,34+,36+/m0/s1. The van der Waals surface area contributed by atoms with Gasteiger partial charge in [0, 0.05) is 0 Å². The summed E-state index contributed by atoms with van der Waals surface area (Å²) >= 11 is -0.694. The van der Waals surface area contributed by atoms with E-state index in [1.54, 1.807) is 6.07 Å². The molecule has 0 saturated carbocycles. The van der Waals surface area contributed by atoms with Crippen molar-refractivity contribution >= 4 is 15.5 Å². The predicted octanol–water partition coefficient (Wildman–Crippen LogP) is 3.44. The number of unbranched alkanes of at least 4 members (excludes halogenated alkanes) is 2. The number of hydrogen-bond acceptors (Lipinski definition) is 6. The van der Waals surface area contributed by atoms with Gasteiger partial charge in [-0.3, -0.25) is 0 Å². The summed E-state index contributed by atoms with van der Waals surface area (Å²) in [7, 11) is 0.313. The van der Waals surface area contributed by atoms with E-state index in [0.29, 0.717) is 17.3 Å². The first kappa shape index (κ1) is 33.2. The van der Waals surface area contributed by atoms with Gasteiger partial charge in [-0.15, -0.1) is 0 Å². The zero-order chi connectivity index (χ0) is 31.8. The second-order valence-corrected chi connectivity index (χ2v) is 18.4. The second kappa shape index (κ2) is 12.9. The molecule has 3 heterocycles. The van der Waals surface area contributed by atoms with E-state index >= 15 is 0 Å². The molecule has 2 bridgehead atoms. The Hall–Kier alpha value is -2.14. The molecule has 0 unspecified atom stereocenters. The number of aliphatic hydroxyl groups is 2. The van der Waals surface area contributed by atoms with Gasteiger partial charge in [-0.05, 0) is 0 Å². The van der Waals surface area contributed by atoms with Crippen molar-refractivity contribution in [3.63, 3.8) is 0 Å². The fraction of sp³-hybridized carbons (Fsp3) is 0.500. The van der Waals surface area contributed by atoms with E-state index in [0.717, 1.165) is 66.5 Å². The molecule has 0 aliphatic carbocycles. The van der Waals surface area contributed by atoms with Crippen LogP contribution < -0.4 is 30.8 Å².